The molecule has 0 bridgehead atoms. The van der Waals surface area contributed by atoms with Gasteiger partial charge in [0.05, 0.1) is 12.1 Å². The van der Waals surface area contributed by atoms with Crippen LogP contribution >= 0.6 is 0 Å². The second kappa shape index (κ2) is 4.70. The Balaban J connectivity index is 1.69. The number of hydrogen-bond donors (Lipinski definition) is 2. The zero-order valence-electron chi connectivity index (χ0n) is 11.3. The lowest BCUT2D eigenvalue weighted by molar-refractivity contribution is 0.105. The molecule has 1 aliphatic heterocycles. The topological polar surface area (TPSA) is 63.3 Å². The number of aromatic nitrogens is 1. The van der Waals surface area contributed by atoms with Crippen LogP contribution in [0, 0.1) is 0 Å². The molecule has 2 N–H and O–H groups in total. The number of carbonyl (C=O) groups is 1. The average molecular weight is 282 g/mol. The van der Waals surface area contributed by atoms with Crippen LogP contribution in [-0.2, 0) is 4.74 Å². The molecule has 1 aromatic heterocycles. The number of alkyl carbamates (subject to hydrolysis) is 1. The minimum atomic E-state index is -0.381. The Morgan fingerprint density at radius 2 is 2.00 bits per heavy atom. The Morgan fingerprint density at radius 3 is 2.86 bits per heavy atom. The van der Waals surface area contributed by atoms with Crippen molar-refractivity contribution in [2.24, 2.45) is 0 Å². The van der Waals surface area contributed by atoms with Crippen molar-refractivity contribution in [3.8, 4) is 5.75 Å². The molecule has 0 radical (unpaired) electrons. The number of nitrogens with one attached hydrogen (secondary N) is 2. The maximum atomic E-state index is 11.0. The number of carbonyl (C=O) groups excluding carboxylic acids is 1. The Morgan fingerprint density at radius 1 is 1.14 bits per heavy atom. The van der Waals surface area contributed by atoms with Gasteiger partial charge in [-0.15, -0.1) is 0 Å². The molecule has 5 heteroatoms. The first-order chi connectivity index (χ1) is 10.3. The van der Waals surface area contributed by atoms with E-state index in [2.05, 4.69) is 16.4 Å². The fourth-order valence-corrected chi connectivity index (χ4v) is 2.70. The van der Waals surface area contributed by atoms with Gasteiger partial charge in [0.15, 0.2) is 6.10 Å². The van der Waals surface area contributed by atoms with Crippen molar-refractivity contribution in [2.45, 2.75) is 6.10 Å². The van der Waals surface area contributed by atoms with Crippen LogP contribution in [0.2, 0.25) is 0 Å². The van der Waals surface area contributed by atoms with E-state index in [1.807, 2.05) is 36.4 Å². The molecule has 1 unspecified atom stereocenters. The minimum absolute atomic E-state index is 0.238. The number of rotatable bonds is 3. The highest BCUT2D eigenvalue weighted by atomic mass is 16.6. The summed E-state index contributed by atoms with van der Waals surface area (Å²) in [6.07, 6.45) is -0.619. The highest BCUT2D eigenvalue weighted by Crippen LogP contribution is 2.33. The molecule has 0 saturated carbocycles. The van der Waals surface area contributed by atoms with Gasteiger partial charge in [-0.25, -0.2) is 4.79 Å². The highest BCUT2D eigenvalue weighted by molar-refractivity contribution is 6.10. The maximum absolute atomic E-state index is 11.0. The summed E-state index contributed by atoms with van der Waals surface area (Å²) in [6, 6.07) is 14.0. The standard InChI is InChI=1S/C16H14N2O3/c19-16-17-8-10(21-16)9-20-14-7-3-6-13-15(14)11-4-1-2-5-12(11)18-13/h1-7,10,18H,8-9H2,(H,17,19). The molecule has 0 spiro atoms. The quantitative estimate of drug-likeness (QED) is 0.776. The fourth-order valence-electron chi connectivity index (χ4n) is 2.70. The van der Waals surface area contributed by atoms with Crippen molar-refractivity contribution < 1.29 is 14.3 Å². The van der Waals surface area contributed by atoms with Gasteiger partial charge in [-0.1, -0.05) is 24.3 Å². The second-order valence-electron chi connectivity index (χ2n) is 5.07. The molecule has 1 atom stereocenters. The molecule has 5 nitrogen and oxygen atoms in total. The predicted molar refractivity (Wildman–Crippen MR) is 79.6 cm³/mol. The minimum Gasteiger partial charge on any atom is -0.489 e. The first kappa shape index (κ1) is 12.1. The molecule has 21 heavy (non-hydrogen) atoms. The molecule has 1 saturated heterocycles. The molecule has 2 heterocycles. The van der Waals surface area contributed by atoms with Gasteiger partial charge in [-0.2, -0.15) is 0 Å². The summed E-state index contributed by atoms with van der Waals surface area (Å²) in [6.45, 7) is 0.833. The lowest BCUT2D eigenvalue weighted by Gasteiger charge is -2.11. The van der Waals surface area contributed by atoms with Crippen LogP contribution in [0.1, 0.15) is 0 Å². The second-order valence-corrected chi connectivity index (χ2v) is 5.07. The van der Waals surface area contributed by atoms with E-state index in [-0.39, 0.29) is 12.2 Å². The van der Waals surface area contributed by atoms with Crippen molar-refractivity contribution in [1.82, 2.24) is 10.3 Å². The number of aromatic amines is 1. The van der Waals surface area contributed by atoms with Crippen LogP contribution in [0.3, 0.4) is 0 Å². The van der Waals surface area contributed by atoms with Crippen LogP contribution in [-0.4, -0.2) is 30.3 Å². The van der Waals surface area contributed by atoms with Crippen LogP contribution < -0.4 is 10.1 Å². The number of hydrogen-bond acceptors (Lipinski definition) is 3. The number of para-hydroxylation sites is 1. The molecule has 106 valence electrons. The van der Waals surface area contributed by atoms with E-state index in [9.17, 15) is 4.79 Å². The summed E-state index contributed by atoms with van der Waals surface area (Å²) in [7, 11) is 0. The van der Waals surface area contributed by atoms with Crippen LogP contribution in [0.15, 0.2) is 42.5 Å². The van der Waals surface area contributed by atoms with Crippen molar-refractivity contribution in [1.29, 1.82) is 0 Å². The van der Waals surface area contributed by atoms with Crippen molar-refractivity contribution in [2.75, 3.05) is 13.2 Å². The van der Waals surface area contributed by atoms with E-state index < -0.39 is 0 Å². The summed E-state index contributed by atoms with van der Waals surface area (Å²) in [5.41, 5.74) is 2.12. The summed E-state index contributed by atoms with van der Waals surface area (Å²) in [4.78, 5) is 14.4. The van der Waals surface area contributed by atoms with Gasteiger partial charge in [0.25, 0.3) is 0 Å². The van der Waals surface area contributed by atoms with Gasteiger partial charge in [0.2, 0.25) is 0 Å². The average Bonchev–Trinajstić information content (AvgIpc) is 3.08. The van der Waals surface area contributed by atoms with Gasteiger partial charge in [-0.05, 0) is 18.2 Å². The van der Waals surface area contributed by atoms with E-state index in [0.717, 1.165) is 27.6 Å². The fraction of sp³-hybridized carbons (Fsp3) is 0.188. The van der Waals surface area contributed by atoms with Crippen LogP contribution in [0.5, 0.6) is 5.75 Å². The molecule has 3 aromatic rings. The van der Waals surface area contributed by atoms with Gasteiger partial charge < -0.3 is 19.8 Å². The Kier molecular flexibility index (Phi) is 2.70. The third kappa shape index (κ3) is 2.07. The number of H-pyrrole nitrogens is 1. The lowest BCUT2D eigenvalue weighted by Crippen LogP contribution is -2.21. The van der Waals surface area contributed by atoms with Crippen LogP contribution in [0.4, 0.5) is 4.79 Å². The van der Waals surface area contributed by atoms with E-state index in [4.69, 9.17) is 9.47 Å². The first-order valence-corrected chi connectivity index (χ1v) is 6.88. The third-order valence-corrected chi connectivity index (χ3v) is 3.66. The van der Waals surface area contributed by atoms with E-state index in [1.54, 1.807) is 0 Å². The predicted octanol–water partition coefficient (Wildman–Crippen LogP) is 2.81. The molecular weight excluding hydrogens is 268 g/mol. The lowest BCUT2D eigenvalue weighted by atomic mass is 10.1. The Hall–Kier alpha value is -2.69. The molecule has 1 aliphatic rings. The zero-order valence-corrected chi connectivity index (χ0v) is 11.3. The molecule has 2 aromatic carbocycles. The van der Waals surface area contributed by atoms with Gasteiger partial charge in [0, 0.05) is 16.3 Å². The molecule has 1 amide bonds. The number of ether oxygens (including phenoxy) is 2. The molecule has 4 rings (SSSR count). The Labute approximate surface area is 120 Å². The van der Waals surface area contributed by atoms with Crippen molar-refractivity contribution >= 4 is 27.9 Å². The van der Waals surface area contributed by atoms with Crippen molar-refractivity contribution in [3.63, 3.8) is 0 Å². The number of fused-ring (bicyclic) bond motifs is 3. The van der Waals surface area contributed by atoms with Gasteiger partial charge >= 0.3 is 6.09 Å². The third-order valence-electron chi connectivity index (χ3n) is 3.66. The first-order valence-electron chi connectivity index (χ1n) is 6.88. The SMILES string of the molecule is O=C1NCC(COc2cccc3[nH]c4ccccc4c23)O1. The van der Waals surface area contributed by atoms with E-state index in [0.29, 0.717) is 13.2 Å². The van der Waals surface area contributed by atoms with Crippen molar-refractivity contribution in [3.05, 3.63) is 42.5 Å². The maximum Gasteiger partial charge on any atom is 0.407 e. The van der Waals surface area contributed by atoms with E-state index in [1.165, 1.54) is 0 Å². The summed E-state index contributed by atoms with van der Waals surface area (Å²) < 4.78 is 11.0. The molecular formula is C16H14N2O3. The zero-order chi connectivity index (χ0) is 14.2. The largest absolute Gasteiger partial charge is 0.489 e. The summed E-state index contributed by atoms with van der Waals surface area (Å²) in [5, 5.41) is 4.81. The number of benzene rings is 2. The normalized spacial score (nSPS) is 17.9. The number of amides is 1. The van der Waals surface area contributed by atoms with Gasteiger partial charge in [0.1, 0.15) is 12.4 Å². The summed E-state index contributed by atoms with van der Waals surface area (Å²) >= 11 is 0. The molecule has 1 fully saturated rings. The highest BCUT2D eigenvalue weighted by Gasteiger charge is 2.23. The monoisotopic (exact) mass is 282 g/mol. The molecule has 0 aliphatic carbocycles. The van der Waals surface area contributed by atoms with Crippen LogP contribution in [0.25, 0.3) is 21.8 Å². The smallest absolute Gasteiger partial charge is 0.407 e. The number of cyclic esters (lactones) is 1. The van der Waals surface area contributed by atoms with E-state index >= 15 is 0 Å². The summed E-state index contributed by atoms with van der Waals surface area (Å²) in [5.74, 6) is 0.799. The van der Waals surface area contributed by atoms with Gasteiger partial charge in [-0.3, -0.25) is 0 Å². The Bertz CT molecular complexity index is 825.